The van der Waals surface area contributed by atoms with Crippen molar-refractivity contribution in [2.75, 3.05) is 7.11 Å². The third-order valence-corrected chi connectivity index (χ3v) is 3.10. The standard InChI is InChI=1S/C7H6Cl2O4S/c1-13-6-3-7(14(10,11)12)5(9)2-4(6)8/h2-3H,1H3,(H,10,11,12). The molecule has 0 fully saturated rings. The first kappa shape index (κ1) is 11.6. The van der Waals surface area contributed by atoms with E-state index >= 15 is 0 Å². The third kappa shape index (κ3) is 2.30. The Labute approximate surface area is 91.1 Å². The van der Waals surface area contributed by atoms with Gasteiger partial charge in [0.25, 0.3) is 10.1 Å². The number of benzene rings is 1. The summed E-state index contributed by atoms with van der Waals surface area (Å²) in [5.41, 5.74) is 0. The molecule has 0 aromatic heterocycles. The van der Waals surface area contributed by atoms with Gasteiger partial charge < -0.3 is 4.74 Å². The molecule has 1 aromatic carbocycles. The molecule has 1 aromatic rings. The Balaban J connectivity index is 3.47. The summed E-state index contributed by atoms with van der Waals surface area (Å²) in [6, 6.07) is 2.24. The quantitative estimate of drug-likeness (QED) is 0.825. The molecule has 0 bridgehead atoms. The van der Waals surface area contributed by atoms with Crippen molar-refractivity contribution in [3.63, 3.8) is 0 Å². The summed E-state index contributed by atoms with van der Waals surface area (Å²) in [5.74, 6) is 0.128. The highest BCUT2D eigenvalue weighted by molar-refractivity contribution is 7.86. The minimum absolute atomic E-state index is 0.128. The van der Waals surface area contributed by atoms with Crippen molar-refractivity contribution in [1.29, 1.82) is 0 Å². The zero-order chi connectivity index (χ0) is 10.9. The first-order valence-electron chi connectivity index (χ1n) is 3.37. The van der Waals surface area contributed by atoms with Crippen LogP contribution >= 0.6 is 23.2 Å². The van der Waals surface area contributed by atoms with E-state index in [1.807, 2.05) is 0 Å². The molecule has 0 aliphatic heterocycles. The first-order valence-corrected chi connectivity index (χ1v) is 5.56. The molecule has 0 saturated heterocycles. The fraction of sp³-hybridized carbons (Fsp3) is 0.143. The van der Waals surface area contributed by atoms with E-state index in [-0.39, 0.29) is 15.8 Å². The molecule has 14 heavy (non-hydrogen) atoms. The highest BCUT2D eigenvalue weighted by atomic mass is 35.5. The third-order valence-electron chi connectivity index (χ3n) is 1.48. The number of methoxy groups -OCH3 is 1. The summed E-state index contributed by atoms with van der Waals surface area (Å²) >= 11 is 11.2. The van der Waals surface area contributed by atoms with Gasteiger partial charge in [-0.25, -0.2) is 0 Å². The predicted octanol–water partition coefficient (Wildman–Crippen LogP) is 2.25. The minimum Gasteiger partial charge on any atom is -0.495 e. The minimum atomic E-state index is -4.35. The first-order chi connectivity index (χ1) is 6.36. The van der Waals surface area contributed by atoms with Crippen molar-refractivity contribution in [3.8, 4) is 5.75 Å². The van der Waals surface area contributed by atoms with Gasteiger partial charge in [0.2, 0.25) is 0 Å². The molecule has 0 aliphatic rings. The highest BCUT2D eigenvalue weighted by Gasteiger charge is 2.17. The van der Waals surface area contributed by atoms with Crippen molar-refractivity contribution >= 4 is 33.3 Å². The SMILES string of the molecule is COc1cc(S(=O)(=O)O)c(Cl)cc1Cl. The van der Waals surface area contributed by atoms with Crippen LogP contribution in [-0.4, -0.2) is 20.1 Å². The Morgan fingerprint density at radius 3 is 2.29 bits per heavy atom. The van der Waals surface area contributed by atoms with Gasteiger partial charge in [0, 0.05) is 6.07 Å². The fourth-order valence-electron chi connectivity index (χ4n) is 0.865. The van der Waals surface area contributed by atoms with Gasteiger partial charge in [-0.05, 0) is 6.07 Å². The average Bonchev–Trinajstić information content (AvgIpc) is 2.02. The van der Waals surface area contributed by atoms with Crippen LogP contribution in [0.25, 0.3) is 0 Å². The van der Waals surface area contributed by atoms with E-state index in [0.717, 1.165) is 6.07 Å². The summed E-state index contributed by atoms with van der Waals surface area (Å²) < 4.78 is 35.2. The molecule has 0 spiro atoms. The Bertz CT molecular complexity index is 455. The second-order valence-corrected chi connectivity index (χ2v) is 4.60. The van der Waals surface area contributed by atoms with Crippen LogP contribution in [-0.2, 0) is 10.1 Å². The fourth-order valence-corrected chi connectivity index (χ4v) is 2.18. The van der Waals surface area contributed by atoms with Crippen LogP contribution in [0.4, 0.5) is 0 Å². The van der Waals surface area contributed by atoms with E-state index in [0.29, 0.717) is 0 Å². The number of rotatable bonds is 2. The van der Waals surface area contributed by atoms with E-state index in [1.165, 1.54) is 13.2 Å². The summed E-state index contributed by atoms with van der Waals surface area (Å²) in [6.45, 7) is 0. The molecule has 0 radical (unpaired) electrons. The van der Waals surface area contributed by atoms with E-state index in [2.05, 4.69) is 0 Å². The smallest absolute Gasteiger partial charge is 0.296 e. The molecule has 0 saturated carbocycles. The van der Waals surface area contributed by atoms with Crippen molar-refractivity contribution < 1.29 is 17.7 Å². The van der Waals surface area contributed by atoms with Crippen molar-refractivity contribution in [1.82, 2.24) is 0 Å². The molecule has 0 unspecified atom stereocenters. The van der Waals surface area contributed by atoms with Gasteiger partial charge >= 0.3 is 0 Å². The molecule has 0 heterocycles. The molecule has 1 rings (SSSR count). The molecule has 0 amide bonds. The van der Waals surface area contributed by atoms with Gasteiger partial charge in [-0.1, -0.05) is 23.2 Å². The van der Waals surface area contributed by atoms with E-state index in [1.54, 1.807) is 0 Å². The lowest BCUT2D eigenvalue weighted by molar-refractivity contribution is 0.413. The average molecular weight is 257 g/mol. The van der Waals surface area contributed by atoms with Gasteiger partial charge in [-0.15, -0.1) is 0 Å². The van der Waals surface area contributed by atoms with Crippen LogP contribution in [0.5, 0.6) is 5.75 Å². The maximum Gasteiger partial charge on any atom is 0.296 e. The largest absolute Gasteiger partial charge is 0.495 e. The zero-order valence-corrected chi connectivity index (χ0v) is 9.32. The lowest BCUT2D eigenvalue weighted by Gasteiger charge is -2.06. The maximum absolute atomic E-state index is 10.8. The van der Waals surface area contributed by atoms with E-state index in [4.69, 9.17) is 32.5 Å². The number of ether oxygens (including phenoxy) is 1. The second kappa shape index (κ2) is 3.94. The Morgan fingerprint density at radius 2 is 1.86 bits per heavy atom. The van der Waals surface area contributed by atoms with Gasteiger partial charge in [0.1, 0.15) is 10.6 Å². The summed E-state index contributed by atoms with van der Waals surface area (Å²) in [4.78, 5) is -0.430. The number of hydrogen-bond acceptors (Lipinski definition) is 3. The molecule has 4 nitrogen and oxygen atoms in total. The lowest BCUT2D eigenvalue weighted by atomic mass is 10.3. The van der Waals surface area contributed by atoms with E-state index in [9.17, 15) is 8.42 Å². The number of hydrogen-bond donors (Lipinski definition) is 1. The maximum atomic E-state index is 10.8. The predicted molar refractivity (Wildman–Crippen MR) is 52.8 cm³/mol. The summed E-state index contributed by atoms with van der Waals surface area (Å²) in [6.07, 6.45) is 0. The molecular weight excluding hydrogens is 251 g/mol. The Kier molecular flexibility index (Phi) is 3.26. The van der Waals surface area contributed by atoms with Gasteiger partial charge in [0.05, 0.1) is 17.2 Å². The topological polar surface area (TPSA) is 63.6 Å². The molecule has 0 atom stereocenters. The monoisotopic (exact) mass is 256 g/mol. The van der Waals surface area contributed by atoms with Crippen LogP contribution in [0, 0.1) is 0 Å². The molecule has 7 heteroatoms. The van der Waals surface area contributed by atoms with Gasteiger partial charge in [-0.3, -0.25) is 4.55 Å². The summed E-state index contributed by atoms with van der Waals surface area (Å²) in [7, 11) is -3.03. The number of halogens is 2. The van der Waals surface area contributed by atoms with Gasteiger partial charge in [0.15, 0.2) is 0 Å². The van der Waals surface area contributed by atoms with Crippen molar-refractivity contribution in [2.24, 2.45) is 0 Å². The molecular formula is C7H6Cl2O4S. The van der Waals surface area contributed by atoms with Gasteiger partial charge in [-0.2, -0.15) is 8.42 Å². The van der Waals surface area contributed by atoms with Crippen LogP contribution in [0.2, 0.25) is 10.0 Å². The highest BCUT2D eigenvalue weighted by Crippen LogP contribution is 2.32. The van der Waals surface area contributed by atoms with Crippen LogP contribution in [0.1, 0.15) is 0 Å². The Hall–Kier alpha value is -0.490. The van der Waals surface area contributed by atoms with E-state index < -0.39 is 15.0 Å². The Morgan fingerprint density at radius 1 is 1.29 bits per heavy atom. The van der Waals surface area contributed by atoms with Crippen molar-refractivity contribution in [2.45, 2.75) is 4.90 Å². The van der Waals surface area contributed by atoms with Crippen LogP contribution in [0.15, 0.2) is 17.0 Å². The van der Waals surface area contributed by atoms with Crippen LogP contribution in [0.3, 0.4) is 0 Å². The van der Waals surface area contributed by atoms with Crippen LogP contribution < -0.4 is 4.74 Å². The molecule has 1 N–H and O–H groups in total. The zero-order valence-electron chi connectivity index (χ0n) is 6.99. The lowest BCUT2D eigenvalue weighted by Crippen LogP contribution is -2.00. The molecule has 0 aliphatic carbocycles. The van der Waals surface area contributed by atoms with Crippen molar-refractivity contribution in [3.05, 3.63) is 22.2 Å². The normalized spacial score (nSPS) is 11.4. The molecule has 78 valence electrons. The summed E-state index contributed by atoms with van der Waals surface area (Å²) in [5, 5.41) is 0.0169. The second-order valence-electron chi connectivity index (χ2n) is 2.39.